The molecule has 3 rings (SSSR count). The fourth-order valence-electron chi connectivity index (χ4n) is 3.47. The Bertz CT molecular complexity index is 950. The van der Waals surface area contributed by atoms with Crippen molar-refractivity contribution in [2.45, 2.75) is 38.6 Å². The number of carbonyl (C=O) groups is 1. The summed E-state index contributed by atoms with van der Waals surface area (Å²) in [5.41, 5.74) is -0.150. The van der Waals surface area contributed by atoms with Crippen LogP contribution < -0.4 is 5.56 Å². The van der Waals surface area contributed by atoms with Crippen molar-refractivity contribution >= 4 is 17.4 Å². The van der Waals surface area contributed by atoms with Crippen molar-refractivity contribution in [3.05, 3.63) is 61.9 Å². The standard InChI is InChI=1S/C19H17ClN2O3/c1-11-15(10-21)18(24)22(14-7-2-3-8-14)19(25)16(11)17(23)12-5-4-6-13(20)9-12/h4-6,9,14,25H,2-3,7-8H2,1H3. The van der Waals surface area contributed by atoms with Crippen LogP contribution in [0.4, 0.5) is 0 Å². The summed E-state index contributed by atoms with van der Waals surface area (Å²) in [6, 6.07) is 8.07. The quantitative estimate of drug-likeness (QED) is 0.849. The molecule has 128 valence electrons. The van der Waals surface area contributed by atoms with Gasteiger partial charge in [-0.3, -0.25) is 14.2 Å². The van der Waals surface area contributed by atoms with E-state index < -0.39 is 11.3 Å². The Labute approximate surface area is 150 Å². The molecule has 0 bridgehead atoms. The van der Waals surface area contributed by atoms with E-state index >= 15 is 0 Å². The molecular weight excluding hydrogens is 340 g/mol. The molecule has 0 spiro atoms. The largest absolute Gasteiger partial charge is 0.494 e. The van der Waals surface area contributed by atoms with Crippen molar-refractivity contribution in [2.24, 2.45) is 0 Å². The summed E-state index contributed by atoms with van der Waals surface area (Å²) in [7, 11) is 0. The first-order chi connectivity index (χ1) is 12.0. The maximum atomic E-state index is 12.9. The lowest BCUT2D eigenvalue weighted by Crippen LogP contribution is -2.29. The summed E-state index contributed by atoms with van der Waals surface area (Å²) in [6.07, 6.45) is 3.38. The average molecular weight is 357 g/mol. The van der Waals surface area contributed by atoms with Gasteiger partial charge in [-0.05, 0) is 37.5 Å². The summed E-state index contributed by atoms with van der Waals surface area (Å²) < 4.78 is 1.22. The molecule has 1 heterocycles. The van der Waals surface area contributed by atoms with E-state index in [0.717, 1.165) is 25.7 Å². The number of pyridine rings is 1. The highest BCUT2D eigenvalue weighted by Crippen LogP contribution is 2.34. The minimum atomic E-state index is -0.535. The molecule has 2 aromatic rings. The summed E-state index contributed by atoms with van der Waals surface area (Å²) in [6.45, 7) is 1.51. The van der Waals surface area contributed by atoms with Gasteiger partial charge in [-0.2, -0.15) is 5.26 Å². The molecule has 0 aliphatic heterocycles. The number of nitrogens with zero attached hydrogens (tertiary/aromatic N) is 2. The molecule has 1 aromatic heterocycles. The molecule has 1 saturated carbocycles. The van der Waals surface area contributed by atoms with Crippen LogP contribution in [-0.2, 0) is 0 Å². The Morgan fingerprint density at radius 1 is 1.36 bits per heavy atom. The van der Waals surface area contributed by atoms with Gasteiger partial charge in [0.25, 0.3) is 5.56 Å². The molecule has 5 nitrogen and oxygen atoms in total. The van der Waals surface area contributed by atoms with Crippen LogP contribution in [0, 0.1) is 18.3 Å². The molecule has 0 unspecified atom stereocenters. The van der Waals surface area contributed by atoms with E-state index in [1.807, 2.05) is 6.07 Å². The Morgan fingerprint density at radius 2 is 2.04 bits per heavy atom. The highest BCUT2D eigenvalue weighted by Gasteiger charge is 2.29. The van der Waals surface area contributed by atoms with Gasteiger partial charge in [0.05, 0.1) is 5.56 Å². The predicted molar refractivity (Wildman–Crippen MR) is 94.2 cm³/mol. The molecule has 1 aliphatic carbocycles. The molecule has 1 aliphatic rings. The van der Waals surface area contributed by atoms with Crippen molar-refractivity contribution in [1.82, 2.24) is 4.57 Å². The summed E-state index contributed by atoms with van der Waals surface area (Å²) >= 11 is 5.95. The Morgan fingerprint density at radius 3 is 2.64 bits per heavy atom. The van der Waals surface area contributed by atoms with Crippen LogP contribution in [0.3, 0.4) is 0 Å². The number of halogens is 1. The molecule has 25 heavy (non-hydrogen) atoms. The first-order valence-electron chi connectivity index (χ1n) is 8.14. The molecule has 1 N–H and O–H groups in total. The fourth-order valence-corrected chi connectivity index (χ4v) is 3.66. The highest BCUT2D eigenvalue weighted by atomic mass is 35.5. The molecule has 1 aromatic carbocycles. The number of aromatic hydroxyl groups is 1. The van der Waals surface area contributed by atoms with Gasteiger partial charge in [-0.1, -0.05) is 36.6 Å². The average Bonchev–Trinajstić information content (AvgIpc) is 3.09. The topological polar surface area (TPSA) is 83.1 Å². The highest BCUT2D eigenvalue weighted by molar-refractivity contribution is 6.31. The van der Waals surface area contributed by atoms with Crippen LogP contribution in [0.2, 0.25) is 5.02 Å². The van der Waals surface area contributed by atoms with Crippen LogP contribution in [0.5, 0.6) is 5.88 Å². The lowest BCUT2D eigenvalue weighted by Gasteiger charge is -2.20. The third-order valence-electron chi connectivity index (χ3n) is 4.75. The number of rotatable bonds is 3. The number of hydrogen-bond donors (Lipinski definition) is 1. The number of nitriles is 1. The van der Waals surface area contributed by atoms with Crippen LogP contribution in [-0.4, -0.2) is 15.5 Å². The van der Waals surface area contributed by atoms with Crippen molar-refractivity contribution in [2.75, 3.05) is 0 Å². The van der Waals surface area contributed by atoms with Crippen LogP contribution >= 0.6 is 11.6 Å². The van der Waals surface area contributed by atoms with Gasteiger partial charge in [-0.15, -0.1) is 0 Å². The van der Waals surface area contributed by atoms with E-state index in [0.29, 0.717) is 10.6 Å². The molecule has 0 saturated heterocycles. The number of hydrogen-bond acceptors (Lipinski definition) is 4. The van der Waals surface area contributed by atoms with Gasteiger partial charge in [-0.25, -0.2) is 0 Å². The van der Waals surface area contributed by atoms with E-state index in [-0.39, 0.29) is 28.6 Å². The maximum Gasteiger partial charge on any atom is 0.271 e. The molecule has 0 radical (unpaired) electrons. The smallest absolute Gasteiger partial charge is 0.271 e. The first-order valence-corrected chi connectivity index (χ1v) is 8.52. The zero-order chi connectivity index (χ0) is 18.1. The normalized spacial score (nSPS) is 14.4. The summed E-state index contributed by atoms with van der Waals surface area (Å²) in [5.74, 6) is -0.820. The maximum absolute atomic E-state index is 12.9. The van der Waals surface area contributed by atoms with Gasteiger partial charge in [0.15, 0.2) is 5.78 Å². The van der Waals surface area contributed by atoms with Crippen molar-refractivity contribution in [3.8, 4) is 11.9 Å². The van der Waals surface area contributed by atoms with Crippen LogP contribution in [0.1, 0.15) is 58.8 Å². The van der Waals surface area contributed by atoms with E-state index in [4.69, 9.17) is 11.6 Å². The Kier molecular flexibility index (Phi) is 4.65. The first kappa shape index (κ1) is 17.2. The second-order valence-corrected chi connectivity index (χ2v) is 6.70. The van der Waals surface area contributed by atoms with Crippen molar-refractivity contribution in [1.29, 1.82) is 5.26 Å². The number of ketones is 1. The lowest BCUT2D eigenvalue weighted by atomic mass is 9.96. The van der Waals surface area contributed by atoms with Crippen LogP contribution in [0.15, 0.2) is 29.1 Å². The molecule has 6 heteroatoms. The van der Waals surface area contributed by atoms with Crippen molar-refractivity contribution < 1.29 is 9.90 Å². The summed E-state index contributed by atoms with van der Waals surface area (Å²) in [5, 5.41) is 20.5. The predicted octanol–water partition coefficient (Wildman–Crippen LogP) is 3.73. The molecule has 0 amide bonds. The van der Waals surface area contributed by atoms with E-state index in [1.54, 1.807) is 18.2 Å². The second kappa shape index (κ2) is 6.73. The minimum absolute atomic E-state index is 0.00897. The Hall–Kier alpha value is -2.58. The van der Waals surface area contributed by atoms with E-state index in [9.17, 15) is 20.0 Å². The van der Waals surface area contributed by atoms with E-state index in [1.165, 1.54) is 17.6 Å². The van der Waals surface area contributed by atoms with Gasteiger partial charge < -0.3 is 5.11 Å². The Balaban J connectivity index is 2.26. The van der Waals surface area contributed by atoms with Crippen molar-refractivity contribution in [3.63, 3.8) is 0 Å². The third-order valence-corrected chi connectivity index (χ3v) is 4.99. The SMILES string of the molecule is Cc1c(C(=O)c2cccc(Cl)c2)c(O)n(C2CCCC2)c(=O)c1C#N. The molecular formula is C19H17ClN2O3. The fraction of sp³-hybridized carbons (Fsp3) is 0.316. The number of benzene rings is 1. The van der Waals surface area contributed by atoms with Crippen LogP contribution in [0.25, 0.3) is 0 Å². The lowest BCUT2D eigenvalue weighted by molar-refractivity contribution is 0.103. The zero-order valence-electron chi connectivity index (χ0n) is 13.8. The minimum Gasteiger partial charge on any atom is -0.494 e. The van der Waals surface area contributed by atoms with Gasteiger partial charge in [0, 0.05) is 16.6 Å². The monoisotopic (exact) mass is 356 g/mol. The second-order valence-electron chi connectivity index (χ2n) is 6.26. The number of carbonyl (C=O) groups excluding carboxylic acids is 1. The van der Waals surface area contributed by atoms with E-state index in [2.05, 4.69) is 0 Å². The third kappa shape index (κ3) is 2.94. The zero-order valence-corrected chi connectivity index (χ0v) is 14.5. The summed E-state index contributed by atoms with van der Waals surface area (Å²) in [4.78, 5) is 25.6. The number of aromatic nitrogens is 1. The molecule has 0 atom stereocenters. The molecule has 1 fully saturated rings. The van der Waals surface area contributed by atoms with Gasteiger partial charge in [0.2, 0.25) is 5.88 Å². The van der Waals surface area contributed by atoms with Gasteiger partial charge in [0.1, 0.15) is 11.6 Å². The van der Waals surface area contributed by atoms with Gasteiger partial charge >= 0.3 is 0 Å².